The third kappa shape index (κ3) is 11.5. The summed E-state index contributed by atoms with van der Waals surface area (Å²) < 4.78 is 75.0. The number of carbonyl (C=O) groups excluding carboxylic acids is 2. The van der Waals surface area contributed by atoms with Gasteiger partial charge in [-0.25, -0.2) is 22.5 Å². The number of aryl methyl sites for hydroxylation is 1. The van der Waals surface area contributed by atoms with E-state index in [2.05, 4.69) is 42.6 Å². The molecule has 1 atom stereocenters. The molecule has 0 radical (unpaired) electrons. The molecule has 56 heavy (non-hydrogen) atoms. The molecule has 16 heteroatoms. The van der Waals surface area contributed by atoms with E-state index in [0.29, 0.717) is 31.7 Å². The Bertz CT molecular complexity index is 1960. The lowest BCUT2D eigenvalue weighted by molar-refractivity contribution is -0.121. The van der Waals surface area contributed by atoms with Gasteiger partial charge >= 0.3 is 0 Å². The average molecular weight is 782 g/mol. The van der Waals surface area contributed by atoms with E-state index < -0.39 is 34.9 Å². The molecule has 0 spiro atoms. The minimum Gasteiger partial charge on any atom is -0.493 e. The highest BCUT2D eigenvalue weighted by atomic mass is 19.1. The molecule has 0 saturated carbocycles. The molecule has 1 aromatic heterocycles. The van der Waals surface area contributed by atoms with Crippen LogP contribution in [0.5, 0.6) is 23.1 Å². The van der Waals surface area contributed by atoms with Crippen LogP contribution < -0.4 is 30.2 Å². The first-order chi connectivity index (χ1) is 27.0. The summed E-state index contributed by atoms with van der Waals surface area (Å²) in [6.45, 7) is 12.0. The summed E-state index contributed by atoms with van der Waals surface area (Å²) in [4.78, 5) is 38.9. The second-order valence-corrected chi connectivity index (χ2v) is 13.4. The normalized spacial score (nSPS) is 13.9. The van der Waals surface area contributed by atoms with E-state index in [0.717, 1.165) is 57.3 Å². The molecule has 300 valence electrons. The number of nitrogens with one attached hydrogen (secondary N) is 3. The Morgan fingerprint density at radius 3 is 2.23 bits per heavy atom. The predicted molar refractivity (Wildman–Crippen MR) is 204 cm³/mol. The Kier molecular flexibility index (Phi) is 14.8. The summed E-state index contributed by atoms with van der Waals surface area (Å²) in [5.41, 5.74) is -0.234. The molecule has 3 aromatic carbocycles. The van der Waals surface area contributed by atoms with Crippen molar-refractivity contribution in [3.05, 3.63) is 89.1 Å². The van der Waals surface area contributed by atoms with Gasteiger partial charge < -0.3 is 35.1 Å². The van der Waals surface area contributed by atoms with Gasteiger partial charge in [0.15, 0.2) is 34.7 Å². The molecule has 2 heterocycles. The molecule has 1 aliphatic rings. The number of amides is 2. The molecule has 0 bridgehead atoms. The van der Waals surface area contributed by atoms with Crippen molar-refractivity contribution in [1.82, 2.24) is 25.1 Å². The lowest BCUT2D eigenvalue weighted by Gasteiger charge is -2.34. The van der Waals surface area contributed by atoms with Gasteiger partial charge in [-0.2, -0.15) is 4.98 Å². The van der Waals surface area contributed by atoms with Gasteiger partial charge in [-0.15, -0.1) is 0 Å². The summed E-state index contributed by atoms with van der Waals surface area (Å²) in [6.07, 6.45) is 3.61. The lowest BCUT2D eigenvalue weighted by Crippen LogP contribution is -2.47. The average Bonchev–Trinajstić information content (AvgIpc) is 3.17. The number of nitrogens with zero attached hydrogens (tertiary/aromatic N) is 4. The summed E-state index contributed by atoms with van der Waals surface area (Å²) in [7, 11) is 1.40. The van der Waals surface area contributed by atoms with Crippen molar-refractivity contribution in [2.45, 2.75) is 52.5 Å². The zero-order valence-corrected chi connectivity index (χ0v) is 31.9. The number of rotatable bonds is 18. The van der Waals surface area contributed by atoms with Gasteiger partial charge in [0.1, 0.15) is 23.7 Å². The van der Waals surface area contributed by atoms with Crippen LogP contribution in [-0.2, 0) is 11.2 Å². The molecule has 3 N–H and O–H groups in total. The van der Waals surface area contributed by atoms with Crippen LogP contribution in [-0.4, -0.2) is 90.6 Å². The van der Waals surface area contributed by atoms with E-state index in [4.69, 9.17) is 14.2 Å². The van der Waals surface area contributed by atoms with Gasteiger partial charge in [0.2, 0.25) is 17.7 Å². The molecular weight excluding hydrogens is 734 g/mol. The second kappa shape index (κ2) is 19.9. The number of methoxy groups -OCH3 is 1. The molecule has 5 rings (SSSR count). The predicted octanol–water partition coefficient (Wildman–Crippen LogP) is 7.08. The van der Waals surface area contributed by atoms with Gasteiger partial charge in [0.25, 0.3) is 5.91 Å². The first-order valence-electron chi connectivity index (χ1n) is 18.6. The Balaban J connectivity index is 1.33. The number of aromatic nitrogens is 2. The van der Waals surface area contributed by atoms with Gasteiger partial charge in [-0.3, -0.25) is 14.5 Å². The maximum atomic E-state index is 15.2. The molecule has 0 aliphatic carbocycles. The highest BCUT2D eigenvalue weighted by Gasteiger charge is 2.23. The van der Waals surface area contributed by atoms with Crippen LogP contribution in [0.15, 0.2) is 54.7 Å². The maximum absolute atomic E-state index is 15.2. The fraction of sp³-hybridized carbons (Fsp3) is 0.400. The fourth-order valence-corrected chi connectivity index (χ4v) is 5.93. The third-order valence-corrected chi connectivity index (χ3v) is 9.20. The Morgan fingerprint density at radius 1 is 0.875 bits per heavy atom. The second-order valence-electron chi connectivity index (χ2n) is 13.4. The monoisotopic (exact) mass is 781 g/mol. The van der Waals surface area contributed by atoms with Crippen molar-refractivity contribution < 1.29 is 41.4 Å². The van der Waals surface area contributed by atoms with Crippen molar-refractivity contribution in [1.29, 1.82) is 0 Å². The zero-order valence-electron chi connectivity index (χ0n) is 31.9. The lowest BCUT2D eigenvalue weighted by atomic mass is 10.1. The first-order valence-corrected chi connectivity index (χ1v) is 18.6. The van der Waals surface area contributed by atoms with Crippen molar-refractivity contribution in [2.75, 3.05) is 63.6 Å². The number of anilines is 3. The van der Waals surface area contributed by atoms with Crippen LogP contribution in [0.2, 0.25) is 0 Å². The van der Waals surface area contributed by atoms with Crippen LogP contribution in [0.1, 0.15) is 56.0 Å². The van der Waals surface area contributed by atoms with Gasteiger partial charge in [-0.1, -0.05) is 19.9 Å². The number of benzene rings is 3. The molecule has 2 amide bonds. The van der Waals surface area contributed by atoms with Crippen LogP contribution in [0.25, 0.3) is 0 Å². The van der Waals surface area contributed by atoms with E-state index in [1.807, 2.05) is 13.8 Å². The standard InChI is InChI=1S/C40H47F4N7O5/c1-5-13-50-14-16-51(17-15-50)18-19-55-33-11-9-28(23-30(33)42)47-40-45-24-29(38(53)48-37-31(43)21-27(41)22-32(37)44)39(49-40)56-34-10-7-26(20-35(34)54-4)8-12-36(52)46-25(3)6-2/h7,9-11,20-25H,5-6,8,12-19H2,1-4H3,(H,46,52)(H,48,53)(H,45,47,49)/t25-/m1/s1. The highest BCUT2D eigenvalue weighted by molar-refractivity contribution is 6.06. The quantitative estimate of drug-likeness (QED) is 0.0901. The van der Waals surface area contributed by atoms with Gasteiger partial charge in [0, 0.05) is 75.3 Å². The number of carbonyl (C=O) groups is 2. The number of halogens is 4. The van der Waals surface area contributed by atoms with E-state index >= 15 is 4.39 Å². The molecule has 1 aliphatic heterocycles. The minimum absolute atomic E-state index is 0.0480. The van der Waals surface area contributed by atoms with Gasteiger partial charge in [0.05, 0.1) is 7.11 Å². The molecule has 12 nitrogen and oxygen atoms in total. The largest absolute Gasteiger partial charge is 0.493 e. The summed E-state index contributed by atoms with van der Waals surface area (Å²) in [5, 5.41) is 7.87. The Morgan fingerprint density at radius 2 is 1.57 bits per heavy atom. The summed E-state index contributed by atoms with van der Waals surface area (Å²) in [5.74, 6) is -5.71. The van der Waals surface area contributed by atoms with Crippen molar-refractivity contribution in [3.63, 3.8) is 0 Å². The molecule has 4 aromatic rings. The van der Waals surface area contributed by atoms with Crippen molar-refractivity contribution >= 4 is 29.1 Å². The smallest absolute Gasteiger partial charge is 0.262 e. The van der Waals surface area contributed by atoms with E-state index in [-0.39, 0.29) is 58.7 Å². The highest BCUT2D eigenvalue weighted by Crippen LogP contribution is 2.35. The van der Waals surface area contributed by atoms with E-state index in [1.54, 1.807) is 24.3 Å². The molecule has 1 saturated heterocycles. The number of ether oxygens (including phenoxy) is 3. The van der Waals surface area contributed by atoms with E-state index in [1.165, 1.54) is 19.2 Å². The van der Waals surface area contributed by atoms with Crippen LogP contribution in [0, 0.1) is 23.3 Å². The first kappa shape index (κ1) is 41.7. The molecule has 0 unspecified atom stereocenters. The van der Waals surface area contributed by atoms with Crippen LogP contribution >= 0.6 is 0 Å². The Labute approximate surface area is 323 Å². The number of hydrogen-bond donors (Lipinski definition) is 3. The van der Waals surface area contributed by atoms with Crippen molar-refractivity contribution in [3.8, 4) is 23.1 Å². The zero-order chi connectivity index (χ0) is 40.2. The SMILES string of the molecule is CCCN1CCN(CCOc2ccc(Nc3ncc(C(=O)Nc4c(F)cc(F)cc4F)c(Oc4ccc(CCC(=O)N[C@H](C)CC)cc4OC)n3)cc2F)CC1. The van der Waals surface area contributed by atoms with Gasteiger partial charge in [-0.05, 0) is 62.6 Å². The Hall–Kier alpha value is -5.48. The van der Waals surface area contributed by atoms with Crippen molar-refractivity contribution in [2.24, 2.45) is 0 Å². The maximum Gasteiger partial charge on any atom is 0.262 e. The van der Waals surface area contributed by atoms with Crippen LogP contribution in [0.3, 0.4) is 0 Å². The van der Waals surface area contributed by atoms with E-state index in [9.17, 15) is 22.8 Å². The third-order valence-electron chi connectivity index (χ3n) is 9.20. The fourth-order valence-electron chi connectivity index (χ4n) is 5.93. The summed E-state index contributed by atoms with van der Waals surface area (Å²) in [6, 6.07) is 10.1. The minimum atomic E-state index is -1.34. The number of hydrogen-bond acceptors (Lipinski definition) is 10. The summed E-state index contributed by atoms with van der Waals surface area (Å²) >= 11 is 0. The topological polar surface area (TPSA) is 130 Å². The molecule has 1 fully saturated rings. The molecular formula is C40H47F4N7O5. The van der Waals surface area contributed by atoms with Crippen LogP contribution in [0.4, 0.5) is 34.9 Å². The number of piperazine rings is 1.